The first-order chi connectivity index (χ1) is 22.7. The molecular formula is C38H49F2O6S2+. The number of alkyl halides is 2. The highest BCUT2D eigenvalue weighted by atomic mass is 32.2. The van der Waals surface area contributed by atoms with Crippen LogP contribution in [0, 0.1) is 5.41 Å². The topological polar surface area (TPSA) is 82.1 Å². The summed E-state index contributed by atoms with van der Waals surface area (Å²) in [4.78, 5) is 3.11. The van der Waals surface area contributed by atoms with Gasteiger partial charge in [-0.1, -0.05) is 70.9 Å². The van der Waals surface area contributed by atoms with Gasteiger partial charge in [0.15, 0.2) is 26.6 Å². The Morgan fingerprint density at radius 1 is 0.771 bits per heavy atom. The maximum atomic E-state index is 14.2. The van der Waals surface area contributed by atoms with Crippen LogP contribution in [-0.4, -0.2) is 37.5 Å². The fourth-order valence-electron chi connectivity index (χ4n) is 6.37. The van der Waals surface area contributed by atoms with Crippen LogP contribution in [0.25, 0.3) is 0 Å². The predicted octanol–water partition coefficient (Wildman–Crippen LogP) is 9.88. The first-order valence-electron chi connectivity index (χ1n) is 17.0. The monoisotopic (exact) mass is 703 g/mol. The Bertz CT molecular complexity index is 1570. The van der Waals surface area contributed by atoms with Crippen LogP contribution in [0.2, 0.25) is 0 Å². The fourth-order valence-corrected chi connectivity index (χ4v) is 8.88. The van der Waals surface area contributed by atoms with Crippen LogP contribution in [0.5, 0.6) is 5.75 Å². The second-order valence-electron chi connectivity index (χ2n) is 14.1. The van der Waals surface area contributed by atoms with Crippen molar-refractivity contribution in [2.75, 3.05) is 13.2 Å². The molecule has 0 amide bonds. The molecule has 1 saturated heterocycles. The largest absolute Gasteiger partial charge is 0.483 e. The minimum Gasteiger partial charge on any atom is -0.483 e. The predicted molar refractivity (Wildman–Crippen MR) is 185 cm³/mol. The summed E-state index contributed by atoms with van der Waals surface area (Å²) < 4.78 is 77.4. The molecule has 3 aromatic rings. The molecule has 0 bridgehead atoms. The van der Waals surface area contributed by atoms with Gasteiger partial charge in [-0.2, -0.15) is 17.2 Å². The molecule has 1 N–H and O–H groups in total. The van der Waals surface area contributed by atoms with Gasteiger partial charge in [0.05, 0.1) is 24.1 Å². The maximum absolute atomic E-state index is 14.2. The molecule has 1 saturated carbocycles. The fraction of sp³-hybridized carbons (Fsp3) is 0.526. The summed E-state index contributed by atoms with van der Waals surface area (Å²) in [5, 5.41) is -4.45. The van der Waals surface area contributed by atoms with E-state index in [2.05, 4.69) is 50.2 Å². The van der Waals surface area contributed by atoms with E-state index < -0.39 is 38.2 Å². The molecule has 5 rings (SSSR count). The SMILES string of the molecule is CC(Oc1ccc([S+](c2ccc(C3CCCCCCCCC3)cc2)c2ccc(C3(C)OCC(C)(C)CO3)cc2)cc1)C(F)(F)S(=O)(=O)O. The van der Waals surface area contributed by atoms with Crippen LogP contribution >= 0.6 is 0 Å². The van der Waals surface area contributed by atoms with E-state index in [1.54, 1.807) is 12.1 Å². The molecule has 6 nitrogen and oxygen atoms in total. The Hall–Kier alpha value is -2.50. The van der Waals surface area contributed by atoms with E-state index in [-0.39, 0.29) is 11.2 Å². The van der Waals surface area contributed by atoms with E-state index in [1.807, 2.05) is 31.2 Å². The number of halogens is 2. The highest BCUT2D eigenvalue weighted by Crippen LogP contribution is 2.39. The van der Waals surface area contributed by atoms with Crippen molar-refractivity contribution in [1.29, 1.82) is 0 Å². The molecule has 48 heavy (non-hydrogen) atoms. The Kier molecular flexibility index (Phi) is 11.6. The smallest absolute Gasteiger partial charge is 0.405 e. The van der Waals surface area contributed by atoms with Crippen molar-refractivity contribution in [1.82, 2.24) is 0 Å². The quantitative estimate of drug-likeness (QED) is 0.177. The summed E-state index contributed by atoms with van der Waals surface area (Å²) >= 11 is 0. The summed E-state index contributed by atoms with van der Waals surface area (Å²) in [5.74, 6) is -0.218. The van der Waals surface area contributed by atoms with E-state index in [4.69, 9.17) is 18.8 Å². The molecule has 1 aliphatic heterocycles. The summed E-state index contributed by atoms with van der Waals surface area (Å²) in [5.41, 5.74) is 2.25. The molecule has 2 atom stereocenters. The van der Waals surface area contributed by atoms with Gasteiger partial charge in [-0.15, -0.1) is 0 Å². The van der Waals surface area contributed by atoms with Crippen molar-refractivity contribution in [3.05, 3.63) is 83.9 Å². The molecule has 2 aliphatic rings. The van der Waals surface area contributed by atoms with Gasteiger partial charge in [0, 0.05) is 11.0 Å². The van der Waals surface area contributed by atoms with Crippen molar-refractivity contribution in [2.24, 2.45) is 5.41 Å². The normalized spacial score (nSPS) is 20.8. The van der Waals surface area contributed by atoms with Crippen molar-refractivity contribution in [2.45, 2.75) is 123 Å². The molecule has 2 unspecified atom stereocenters. The van der Waals surface area contributed by atoms with Gasteiger partial charge in [-0.05, 0) is 98.8 Å². The van der Waals surface area contributed by atoms with Gasteiger partial charge in [0.25, 0.3) is 0 Å². The van der Waals surface area contributed by atoms with E-state index in [9.17, 15) is 17.2 Å². The highest BCUT2D eigenvalue weighted by molar-refractivity contribution is 7.97. The zero-order valence-electron chi connectivity index (χ0n) is 28.4. The molecule has 0 radical (unpaired) electrons. The van der Waals surface area contributed by atoms with Gasteiger partial charge in [0.2, 0.25) is 0 Å². The summed E-state index contributed by atoms with van der Waals surface area (Å²) in [6.45, 7) is 8.27. The number of ether oxygens (including phenoxy) is 3. The lowest BCUT2D eigenvalue weighted by molar-refractivity contribution is -0.298. The zero-order valence-corrected chi connectivity index (χ0v) is 30.1. The summed E-state index contributed by atoms with van der Waals surface area (Å²) in [6, 6.07) is 24.0. The Morgan fingerprint density at radius 3 is 1.69 bits per heavy atom. The third-order valence-electron chi connectivity index (χ3n) is 9.47. The lowest BCUT2D eigenvalue weighted by atomic mass is 9.87. The number of hydrogen-bond acceptors (Lipinski definition) is 5. The molecule has 0 aromatic heterocycles. The van der Waals surface area contributed by atoms with Crippen LogP contribution in [0.15, 0.2) is 87.5 Å². The number of hydrogen-bond donors (Lipinski definition) is 1. The molecular weight excluding hydrogens is 655 g/mol. The van der Waals surface area contributed by atoms with Crippen LogP contribution in [-0.2, 0) is 36.3 Å². The second kappa shape index (κ2) is 15.2. The second-order valence-corrected chi connectivity index (χ2v) is 17.6. The van der Waals surface area contributed by atoms with Crippen molar-refractivity contribution < 1.29 is 36.0 Å². The molecule has 2 fully saturated rings. The third-order valence-corrected chi connectivity index (χ3v) is 12.7. The van der Waals surface area contributed by atoms with Crippen LogP contribution < -0.4 is 4.74 Å². The Balaban J connectivity index is 1.43. The highest BCUT2D eigenvalue weighted by Gasteiger charge is 2.51. The molecule has 0 spiro atoms. The van der Waals surface area contributed by atoms with Gasteiger partial charge in [-0.3, -0.25) is 4.55 Å². The van der Waals surface area contributed by atoms with Crippen LogP contribution in [0.3, 0.4) is 0 Å². The van der Waals surface area contributed by atoms with Gasteiger partial charge in [-0.25, -0.2) is 0 Å². The molecule has 1 heterocycles. The number of rotatable bonds is 9. The van der Waals surface area contributed by atoms with Gasteiger partial charge < -0.3 is 14.2 Å². The van der Waals surface area contributed by atoms with Crippen LogP contribution in [0.1, 0.15) is 103 Å². The minimum absolute atomic E-state index is 0.0531. The van der Waals surface area contributed by atoms with Crippen molar-refractivity contribution >= 4 is 21.0 Å². The number of benzene rings is 3. The third kappa shape index (κ3) is 8.80. The van der Waals surface area contributed by atoms with Crippen molar-refractivity contribution in [3.63, 3.8) is 0 Å². The first kappa shape index (κ1) is 36.8. The molecule has 10 heteroatoms. The lowest BCUT2D eigenvalue weighted by Gasteiger charge is -2.41. The summed E-state index contributed by atoms with van der Waals surface area (Å²) in [6.07, 6.45) is 9.46. The first-order valence-corrected chi connectivity index (χ1v) is 19.7. The molecule has 3 aromatic carbocycles. The Morgan fingerprint density at radius 2 is 1.21 bits per heavy atom. The van der Waals surface area contributed by atoms with Crippen molar-refractivity contribution in [3.8, 4) is 5.75 Å². The van der Waals surface area contributed by atoms with Gasteiger partial charge >= 0.3 is 15.4 Å². The average molecular weight is 704 g/mol. The van der Waals surface area contributed by atoms with E-state index in [1.165, 1.54) is 63.4 Å². The van der Waals surface area contributed by atoms with E-state index in [0.29, 0.717) is 19.1 Å². The molecule has 262 valence electrons. The van der Waals surface area contributed by atoms with Crippen LogP contribution in [0.4, 0.5) is 8.78 Å². The Labute approximate surface area is 287 Å². The summed E-state index contributed by atoms with van der Waals surface area (Å²) in [7, 11) is -6.18. The van der Waals surface area contributed by atoms with E-state index in [0.717, 1.165) is 27.2 Å². The zero-order chi connectivity index (χ0) is 34.6. The molecule has 1 aliphatic carbocycles. The maximum Gasteiger partial charge on any atom is 0.405 e. The van der Waals surface area contributed by atoms with Gasteiger partial charge in [0.1, 0.15) is 5.75 Å². The van der Waals surface area contributed by atoms with E-state index >= 15 is 0 Å². The standard InChI is InChI=1S/C38H48F2O6S2/c1-28(38(39,40)48(41,42)43)46-32-18-24-35(25-19-32)47(34-22-16-31(17-23-34)37(4)44-26-36(2,3)27-45-37)33-20-14-30(15-21-33)29-12-10-8-6-5-7-9-11-13-29/h14-25,28-29H,5-13,26-27H2,1-4H3/p+1. The average Bonchev–Trinajstić information content (AvgIpc) is 3.06. The minimum atomic E-state index is -5.63. The lowest BCUT2D eigenvalue weighted by Crippen LogP contribution is -2.43.